The highest BCUT2D eigenvalue weighted by Crippen LogP contribution is 2.37. The number of nitrogens with zero attached hydrogens (tertiary/aromatic N) is 2. The Morgan fingerprint density at radius 1 is 1.17 bits per heavy atom. The van der Waals surface area contributed by atoms with Gasteiger partial charge in [-0.05, 0) is 35.9 Å². The summed E-state index contributed by atoms with van der Waals surface area (Å²) in [5, 5.41) is 15.3. The van der Waals surface area contributed by atoms with Gasteiger partial charge in [0.2, 0.25) is 21.8 Å². The van der Waals surface area contributed by atoms with Crippen molar-refractivity contribution in [2.75, 3.05) is 36.6 Å². The molecular formula is C26H25N5O9S2. The Labute approximate surface area is 242 Å². The lowest BCUT2D eigenvalue weighted by molar-refractivity contribution is -0.119. The number of sulfonamides is 1. The van der Waals surface area contributed by atoms with Crippen LogP contribution < -0.4 is 25.2 Å². The topological polar surface area (TPSA) is 191 Å². The van der Waals surface area contributed by atoms with Crippen molar-refractivity contribution in [1.29, 1.82) is 0 Å². The van der Waals surface area contributed by atoms with Gasteiger partial charge in [0, 0.05) is 23.1 Å². The van der Waals surface area contributed by atoms with Crippen LogP contribution in [0.25, 0.3) is 11.3 Å². The van der Waals surface area contributed by atoms with Gasteiger partial charge in [-0.15, -0.1) is 11.3 Å². The Kier molecular flexibility index (Phi) is 7.91. The van der Waals surface area contributed by atoms with Crippen LogP contribution in [0.3, 0.4) is 0 Å². The van der Waals surface area contributed by atoms with Crippen molar-refractivity contribution < 1.29 is 37.3 Å². The number of rotatable bonds is 9. The van der Waals surface area contributed by atoms with Crippen molar-refractivity contribution in [3.8, 4) is 28.6 Å². The Hall–Kier alpha value is -4.83. The maximum atomic E-state index is 13.6. The summed E-state index contributed by atoms with van der Waals surface area (Å²) in [5.41, 5.74) is 0.573. The molecule has 3 heterocycles. The number of carbonyl (C=O) groups excluding carboxylic acids is 2. The predicted molar refractivity (Wildman–Crippen MR) is 153 cm³/mol. The summed E-state index contributed by atoms with van der Waals surface area (Å²) in [7, 11) is -2.30. The van der Waals surface area contributed by atoms with E-state index >= 15 is 0 Å². The minimum absolute atomic E-state index is 0.00846. The van der Waals surface area contributed by atoms with Crippen molar-refractivity contribution in [2.45, 2.75) is 12.5 Å². The van der Waals surface area contributed by atoms with Gasteiger partial charge in [-0.2, -0.15) is 0 Å². The van der Waals surface area contributed by atoms with Crippen LogP contribution in [-0.4, -0.2) is 66.5 Å². The van der Waals surface area contributed by atoms with E-state index in [0.29, 0.717) is 41.5 Å². The fraction of sp³-hybridized carbons (Fsp3) is 0.231. The first kappa shape index (κ1) is 28.7. The third kappa shape index (κ3) is 6.23. The molecule has 220 valence electrons. The fourth-order valence-electron chi connectivity index (χ4n) is 4.29. The van der Waals surface area contributed by atoms with Crippen molar-refractivity contribution in [2.24, 2.45) is 0 Å². The summed E-state index contributed by atoms with van der Waals surface area (Å²) < 4.78 is 42.2. The normalized spacial score (nSPS) is 13.3. The van der Waals surface area contributed by atoms with Crippen LogP contribution in [0.4, 0.5) is 10.8 Å². The van der Waals surface area contributed by atoms with E-state index in [2.05, 4.69) is 24.7 Å². The smallest absolute Gasteiger partial charge is 0.357 e. The minimum Gasteiger partial charge on any atom is -0.493 e. The Bertz CT molecular complexity index is 1810. The van der Waals surface area contributed by atoms with Gasteiger partial charge in [0.05, 0.1) is 13.4 Å². The number of H-pyrrole nitrogens is 1. The van der Waals surface area contributed by atoms with Gasteiger partial charge in [0.15, 0.2) is 22.3 Å². The summed E-state index contributed by atoms with van der Waals surface area (Å²) >= 11 is 0.979. The number of hydrogen-bond acceptors (Lipinski definition) is 11. The monoisotopic (exact) mass is 615 g/mol. The molecule has 1 aliphatic heterocycles. The number of esters is 1. The predicted octanol–water partition coefficient (Wildman–Crippen LogP) is 2.36. The molecule has 0 bridgehead atoms. The second-order valence-electron chi connectivity index (χ2n) is 9.17. The number of thiazole rings is 1. The lowest BCUT2D eigenvalue weighted by Crippen LogP contribution is -2.33. The molecule has 4 N–H and O–H groups in total. The standard InChI is InChI=1S/C26H25N5O9S2/c1-38-24(34)17-13-41-25(27-17)29-22(32)18(11-14-3-6-16(7-4-14)30-42(2,36)37)31-23(33)21(28-26(31)35)15-5-8-19-20(12-15)40-10-9-39-19/h3-8,12-13,18,30,33H,9-11H2,1-2H3,(H,28,35)(H,27,29,32)/t18-/m0/s1. The van der Waals surface area contributed by atoms with Crippen LogP contribution in [0.5, 0.6) is 17.4 Å². The third-order valence-electron chi connectivity index (χ3n) is 6.16. The second kappa shape index (κ2) is 11.6. The number of hydrogen-bond donors (Lipinski definition) is 4. The zero-order valence-corrected chi connectivity index (χ0v) is 23.9. The number of nitrogens with one attached hydrogen (secondary N) is 3. The highest BCUT2D eigenvalue weighted by molar-refractivity contribution is 7.92. The number of amides is 1. The van der Waals surface area contributed by atoms with Crippen LogP contribution in [0.1, 0.15) is 22.1 Å². The molecular weight excluding hydrogens is 590 g/mol. The summed E-state index contributed by atoms with van der Waals surface area (Å²) in [6, 6.07) is 9.79. The molecule has 1 amide bonds. The van der Waals surface area contributed by atoms with E-state index in [1.54, 1.807) is 30.3 Å². The zero-order valence-electron chi connectivity index (χ0n) is 22.2. The first-order valence-corrected chi connectivity index (χ1v) is 15.1. The molecule has 4 aromatic rings. The summed E-state index contributed by atoms with van der Waals surface area (Å²) in [4.78, 5) is 45.3. The SMILES string of the molecule is COC(=O)c1csc(NC(=O)[C@H](Cc2ccc(NS(C)(=O)=O)cc2)n2c(O)c(-c3ccc4c(c3)OCCO4)[nH]c2=O)n1. The van der Waals surface area contributed by atoms with Crippen molar-refractivity contribution in [3.05, 3.63) is 69.6 Å². The summed E-state index contributed by atoms with van der Waals surface area (Å²) in [5.74, 6) is -0.929. The average molecular weight is 616 g/mol. The Morgan fingerprint density at radius 2 is 1.88 bits per heavy atom. The molecule has 2 aromatic heterocycles. The number of aromatic amines is 1. The van der Waals surface area contributed by atoms with Crippen LogP contribution in [0.2, 0.25) is 0 Å². The number of aromatic nitrogens is 3. The fourth-order valence-corrected chi connectivity index (χ4v) is 5.54. The number of anilines is 2. The van der Waals surface area contributed by atoms with E-state index < -0.39 is 39.5 Å². The molecule has 0 unspecified atom stereocenters. The second-order valence-corrected chi connectivity index (χ2v) is 11.8. The molecule has 0 aliphatic carbocycles. The molecule has 16 heteroatoms. The van der Waals surface area contributed by atoms with Gasteiger partial charge < -0.3 is 29.6 Å². The van der Waals surface area contributed by atoms with Gasteiger partial charge in [0.1, 0.15) is 24.9 Å². The number of carbonyl (C=O) groups is 2. The van der Waals surface area contributed by atoms with E-state index in [1.165, 1.54) is 24.6 Å². The molecule has 5 rings (SSSR count). The number of imidazole rings is 1. The molecule has 1 aliphatic rings. The lowest BCUT2D eigenvalue weighted by Gasteiger charge is -2.19. The van der Waals surface area contributed by atoms with Crippen LogP contribution in [0, 0.1) is 0 Å². The molecule has 0 radical (unpaired) electrons. The molecule has 0 saturated heterocycles. The zero-order chi connectivity index (χ0) is 30.0. The van der Waals surface area contributed by atoms with Gasteiger partial charge in [-0.1, -0.05) is 12.1 Å². The maximum Gasteiger partial charge on any atom is 0.357 e. The first-order valence-electron chi connectivity index (χ1n) is 12.4. The molecule has 1 atom stereocenters. The van der Waals surface area contributed by atoms with Crippen LogP contribution >= 0.6 is 11.3 Å². The number of methoxy groups -OCH3 is 1. The average Bonchev–Trinajstić information content (AvgIpc) is 3.54. The van der Waals surface area contributed by atoms with Crippen molar-refractivity contribution in [1.82, 2.24) is 14.5 Å². The molecule has 2 aromatic carbocycles. The van der Waals surface area contributed by atoms with E-state index in [0.717, 1.165) is 22.2 Å². The van der Waals surface area contributed by atoms with Gasteiger partial charge in [-0.25, -0.2) is 27.6 Å². The van der Waals surface area contributed by atoms with E-state index in [9.17, 15) is 27.9 Å². The number of ether oxygens (including phenoxy) is 3. The number of fused-ring (bicyclic) bond motifs is 1. The minimum atomic E-state index is -3.50. The van der Waals surface area contributed by atoms with Crippen LogP contribution in [0.15, 0.2) is 52.6 Å². The van der Waals surface area contributed by atoms with Gasteiger partial charge >= 0.3 is 11.7 Å². The highest BCUT2D eigenvalue weighted by Gasteiger charge is 2.29. The summed E-state index contributed by atoms with van der Waals surface area (Å²) in [6.45, 7) is 0.738. The molecule has 0 fully saturated rings. The molecule has 42 heavy (non-hydrogen) atoms. The van der Waals surface area contributed by atoms with Crippen molar-refractivity contribution in [3.63, 3.8) is 0 Å². The Morgan fingerprint density at radius 3 is 2.57 bits per heavy atom. The van der Waals surface area contributed by atoms with E-state index in [1.807, 2.05) is 0 Å². The molecule has 0 saturated carbocycles. The number of benzene rings is 2. The van der Waals surface area contributed by atoms with E-state index in [-0.39, 0.29) is 22.9 Å². The maximum absolute atomic E-state index is 13.6. The first-order chi connectivity index (χ1) is 20.0. The Balaban J connectivity index is 1.50. The lowest BCUT2D eigenvalue weighted by atomic mass is 10.0. The van der Waals surface area contributed by atoms with E-state index in [4.69, 9.17) is 9.47 Å². The highest BCUT2D eigenvalue weighted by atomic mass is 32.2. The van der Waals surface area contributed by atoms with Crippen molar-refractivity contribution >= 4 is 44.1 Å². The van der Waals surface area contributed by atoms with Crippen LogP contribution in [-0.2, 0) is 26.0 Å². The third-order valence-corrected chi connectivity index (χ3v) is 7.53. The summed E-state index contributed by atoms with van der Waals surface area (Å²) in [6.07, 6.45) is 0.942. The van der Waals surface area contributed by atoms with Gasteiger partial charge in [0.25, 0.3) is 0 Å². The number of aromatic hydroxyl groups is 1. The van der Waals surface area contributed by atoms with Gasteiger partial charge in [-0.3, -0.25) is 9.52 Å². The largest absolute Gasteiger partial charge is 0.493 e. The molecule has 0 spiro atoms. The molecule has 14 nitrogen and oxygen atoms in total. The quantitative estimate of drug-likeness (QED) is 0.203.